The second kappa shape index (κ2) is 14.7. The van der Waals surface area contributed by atoms with Crippen molar-refractivity contribution in [3.63, 3.8) is 0 Å². The van der Waals surface area contributed by atoms with Crippen LogP contribution in [0.3, 0.4) is 0 Å². The fourth-order valence-electron chi connectivity index (χ4n) is 5.37. The fraction of sp³-hybridized carbons (Fsp3) is 0.438. The van der Waals surface area contributed by atoms with Crippen LogP contribution in [0, 0.1) is 5.92 Å². The summed E-state index contributed by atoms with van der Waals surface area (Å²) in [6.07, 6.45) is 3.38. The topological polar surface area (TPSA) is 158 Å². The van der Waals surface area contributed by atoms with Gasteiger partial charge in [0, 0.05) is 23.7 Å². The summed E-state index contributed by atoms with van der Waals surface area (Å²) < 4.78 is 17.6. The molecule has 1 aromatic heterocycles. The van der Waals surface area contributed by atoms with Crippen LogP contribution in [0.25, 0.3) is 0 Å². The zero-order valence-electron chi connectivity index (χ0n) is 25.1. The van der Waals surface area contributed by atoms with Gasteiger partial charge in [-0.3, -0.25) is 9.59 Å². The molecule has 0 aliphatic carbocycles. The van der Waals surface area contributed by atoms with Gasteiger partial charge in [0.2, 0.25) is 18.2 Å². The van der Waals surface area contributed by atoms with Crippen molar-refractivity contribution in [1.82, 2.24) is 15.6 Å². The first-order chi connectivity index (χ1) is 20.7. The third-order valence-corrected chi connectivity index (χ3v) is 7.58. The molecule has 3 aliphatic heterocycles. The van der Waals surface area contributed by atoms with Crippen molar-refractivity contribution in [2.24, 2.45) is 11.7 Å². The van der Waals surface area contributed by atoms with Crippen LogP contribution in [0.4, 0.5) is 5.69 Å². The number of amides is 2. The molecule has 4 unspecified atom stereocenters. The Bertz CT molecular complexity index is 1390. The highest BCUT2D eigenvalue weighted by Gasteiger charge is 2.43. The molecular formula is C32H41N5O6. The van der Waals surface area contributed by atoms with Gasteiger partial charge in [0.15, 0.2) is 17.7 Å². The molecule has 4 bridgehead atoms. The van der Waals surface area contributed by atoms with Crippen molar-refractivity contribution in [3.05, 3.63) is 77.0 Å². The van der Waals surface area contributed by atoms with Crippen LogP contribution in [0.1, 0.15) is 85.3 Å². The molecule has 11 heteroatoms. The Morgan fingerprint density at radius 2 is 1.93 bits per heavy atom. The quantitative estimate of drug-likeness (QED) is 0.260. The molecule has 4 heterocycles. The summed E-state index contributed by atoms with van der Waals surface area (Å²) in [6.45, 7) is 7.41. The van der Waals surface area contributed by atoms with Crippen LogP contribution >= 0.6 is 0 Å². The van der Waals surface area contributed by atoms with Gasteiger partial charge < -0.3 is 35.6 Å². The summed E-state index contributed by atoms with van der Waals surface area (Å²) >= 11 is 0. The van der Waals surface area contributed by atoms with E-state index in [0.717, 1.165) is 22.9 Å². The second-order valence-corrected chi connectivity index (χ2v) is 11.1. The van der Waals surface area contributed by atoms with E-state index < -0.39 is 24.2 Å². The van der Waals surface area contributed by atoms with E-state index >= 15 is 0 Å². The number of fused-ring (bicyclic) bond motifs is 4. The second-order valence-electron chi connectivity index (χ2n) is 11.1. The summed E-state index contributed by atoms with van der Waals surface area (Å²) in [4.78, 5) is 38.6. The molecule has 43 heavy (non-hydrogen) atoms. The number of oxazole rings is 1. The Morgan fingerprint density at radius 3 is 2.53 bits per heavy atom. The third-order valence-electron chi connectivity index (χ3n) is 7.58. The van der Waals surface area contributed by atoms with Crippen molar-refractivity contribution in [2.45, 2.75) is 70.7 Å². The minimum absolute atomic E-state index is 0.00431. The molecule has 1 saturated heterocycles. The van der Waals surface area contributed by atoms with Gasteiger partial charge in [-0.15, -0.1) is 0 Å². The Labute approximate surface area is 251 Å². The number of para-hydroxylation sites is 1. The lowest BCUT2D eigenvalue weighted by atomic mass is 9.92. The van der Waals surface area contributed by atoms with Gasteiger partial charge in [0.05, 0.1) is 7.11 Å². The molecule has 4 atom stereocenters. The normalized spacial score (nSPS) is 21.8. The number of nitrogens with zero attached hydrogens (tertiary/aromatic N) is 1. The van der Waals surface area contributed by atoms with E-state index in [1.807, 2.05) is 62.4 Å². The Balaban J connectivity index is 0.000000408. The van der Waals surface area contributed by atoms with E-state index in [4.69, 9.17) is 18.7 Å². The molecule has 0 spiro atoms. The zero-order chi connectivity index (χ0) is 30.9. The van der Waals surface area contributed by atoms with Gasteiger partial charge in [-0.05, 0) is 62.4 Å². The number of carbonyl (C=O) groups excluding carboxylic acids is 3. The first kappa shape index (κ1) is 31.6. The van der Waals surface area contributed by atoms with Gasteiger partial charge in [0.25, 0.3) is 0 Å². The van der Waals surface area contributed by atoms with E-state index in [0.29, 0.717) is 24.4 Å². The molecule has 230 valence electrons. The van der Waals surface area contributed by atoms with Crippen LogP contribution in [0.2, 0.25) is 0 Å². The number of nitrogens with one attached hydrogen (secondary N) is 3. The zero-order valence-corrected chi connectivity index (χ0v) is 25.1. The minimum atomic E-state index is -0.600. The fourth-order valence-corrected chi connectivity index (χ4v) is 5.37. The Morgan fingerprint density at radius 1 is 1.19 bits per heavy atom. The Hall–Kier alpha value is -4.38. The molecular weight excluding hydrogens is 550 g/mol. The number of esters is 1. The van der Waals surface area contributed by atoms with Gasteiger partial charge in [0.1, 0.15) is 17.7 Å². The predicted molar refractivity (Wildman–Crippen MR) is 162 cm³/mol. The minimum Gasteiger partial charge on any atom is -0.469 e. The number of aromatic nitrogens is 1. The molecule has 1 fully saturated rings. The molecule has 0 saturated carbocycles. The lowest BCUT2D eigenvalue weighted by molar-refractivity contribution is -0.122. The van der Waals surface area contributed by atoms with Crippen molar-refractivity contribution >= 4 is 24.0 Å². The molecule has 11 nitrogen and oxygen atoms in total. The van der Waals surface area contributed by atoms with Crippen molar-refractivity contribution in [3.8, 4) is 5.75 Å². The summed E-state index contributed by atoms with van der Waals surface area (Å²) in [6, 6.07) is 15.9. The number of primary amides is 1. The first-order valence-corrected chi connectivity index (χ1v) is 14.6. The summed E-state index contributed by atoms with van der Waals surface area (Å²) in [5, 5.41) is 9.77. The van der Waals surface area contributed by atoms with Gasteiger partial charge in [-0.25, -0.2) is 9.78 Å². The van der Waals surface area contributed by atoms with Crippen molar-refractivity contribution in [2.75, 3.05) is 19.0 Å². The summed E-state index contributed by atoms with van der Waals surface area (Å²) in [7, 11) is 1.31. The highest BCUT2D eigenvalue weighted by molar-refractivity contribution is 5.89. The lowest BCUT2D eigenvalue weighted by Crippen LogP contribution is -2.32. The molecule has 5 N–H and O–H groups in total. The third kappa shape index (κ3) is 7.72. The van der Waals surface area contributed by atoms with Crippen molar-refractivity contribution < 1.29 is 28.3 Å². The highest BCUT2D eigenvalue weighted by atomic mass is 16.5. The number of nitrogens with two attached hydrogens (primary N) is 1. The molecule has 2 aromatic carbocycles. The molecule has 0 radical (unpaired) electrons. The molecule has 2 amide bonds. The Kier molecular flexibility index (Phi) is 10.8. The standard InChI is InChI=1S/C26H27N3O5.C5H11N.CH3NO/c1-14(2)21-25-29-22(26(31)32-3)23(34-25)20-17-13-15(10-12-19(30)28-21)9-11-18(17)33-24(20)27-16-7-5-4-6-8-16;1-5-3-2-4-6-5;2-1-3/h4-9,11,13-14,20-21,24,27H,10,12H2,1-3H3,(H,28,30);5-6H,2-4H2,1H3;1H,(H2,2,3). The van der Waals surface area contributed by atoms with E-state index in [1.165, 1.54) is 26.5 Å². The van der Waals surface area contributed by atoms with Crippen LogP contribution in [-0.4, -0.2) is 49.2 Å². The number of anilines is 1. The number of hydrogen-bond acceptors (Lipinski definition) is 9. The van der Waals surface area contributed by atoms with E-state index in [-0.39, 0.29) is 29.8 Å². The van der Waals surface area contributed by atoms with Crippen molar-refractivity contribution in [1.29, 1.82) is 0 Å². The number of methoxy groups -OCH3 is 1. The van der Waals surface area contributed by atoms with Gasteiger partial charge >= 0.3 is 5.97 Å². The van der Waals surface area contributed by atoms with Crippen LogP contribution < -0.4 is 26.4 Å². The molecule has 3 aromatic rings. The largest absolute Gasteiger partial charge is 0.469 e. The van der Waals surface area contributed by atoms with Crippen LogP contribution in [-0.2, 0) is 20.7 Å². The van der Waals surface area contributed by atoms with E-state index in [9.17, 15) is 9.59 Å². The van der Waals surface area contributed by atoms with Crippen LogP contribution in [0.5, 0.6) is 5.75 Å². The maximum Gasteiger partial charge on any atom is 0.360 e. The number of rotatable bonds is 4. The predicted octanol–water partition coefficient (Wildman–Crippen LogP) is 4.04. The monoisotopic (exact) mass is 591 g/mol. The summed E-state index contributed by atoms with van der Waals surface area (Å²) in [5.41, 5.74) is 7.01. The van der Waals surface area contributed by atoms with E-state index in [1.54, 1.807) is 0 Å². The SMILES string of the molecule is CC1CCCN1.COC(=O)c1nc2oc1C1c3cc(ccc3OC1Nc1ccccc1)CCC(=O)NC2C(C)C.NC=O. The number of hydrogen-bond donors (Lipinski definition) is 4. The highest BCUT2D eigenvalue weighted by Crippen LogP contribution is 2.45. The maximum absolute atomic E-state index is 12.8. The number of ether oxygens (including phenoxy) is 2. The number of benzene rings is 2. The lowest BCUT2D eigenvalue weighted by Gasteiger charge is -2.22. The van der Waals surface area contributed by atoms with Crippen LogP contribution in [0.15, 0.2) is 52.9 Å². The maximum atomic E-state index is 12.8. The molecule has 3 aliphatic rings. The van der Waals surface area contributed by atoms with Gasteiger partial charge in [-0.2, -0.15) is 0 Å². The average Bonchev–Trinajstić information content (AvgIpc) is 3.73. The molecule has 6 rings (SSSR count). The number of carbonyl (C=O) groups is 3. The first-order valence-electron chi connectivity index (χ1n) is 14.6. The van der Waals surface area contributed by atoms with Gasteiger partial charge in [-0.1, -0.05) is 44.2 Å². The van der Waals surface area contributed by atoms with E-state index in [2.05, 4.69) is 33.6 Å². The average molecular weight is 592 g/mol. The summed E-state index contributed by atoms with van der Waals surface area (Å²) in [5.74, 6) is 0.169. The smallest absolute Gasteiger partial charge is 0.360 e. The number of aryl methyl sites for hydroxylation is 1.